The molecule has 0 aromatic heterocycles. The molecule has 1 unspecified atom stereocenters. The maximum atomic E-state index is 5.21. The lowest BCUT2D eigenvalue weighted by atomic mass is 10.1. The normalized spacial score (nSPS) is 13.7. The first-order valence-electron chi connectivity index (χ1n) is 6.38. The van der Waals surface area contributed by atoms with E-state index >= 15 is 0 Å². The van der Waals surface area contributed by atoms with Gasteiger partial charge in [-0.2, -0.15) is 11.8 Å². The first-order chi connectivity index (χ1) is 7.57. The fourth-order valence-corrected chi connectivity index (χ4v) is 2.43. The Morgan fingerprint density at radius 3 is 2.38 bits per heavy atom. The molecule has 0 rings (SSSR count). The van der Waals surface area contributed by atoms with E-state index in [1.54, 1.807) is 7.11 Å². The van der Waals surface area contributed by atoms with Crippen molar-refractivity contribution in [3.05, 3.63) is 0 Å². The average molecular weight is 247 g/mol. The van der Waals surface area contributed by atoms with E-state index in [0.717, 1.165) is 19.1 Å². The van der Waals surface area contributed by atoms with Gasteiger partial charge in [-0.3, -0.25) is 0 Å². The second-order valence-corrected chi connectivity index (χ2v) is 6.23. The second-order valence-electron chi connectivity index (χ2n) is 5.08. The van der Waals surface area contributed by atoms with Crippen LogP contribution < -0.4 is 5.32 Å². The molecule has 0 aliphatic rings. The van der Waals surface area contributed by atoms with E-state index in [4.69, 9.17) is 4.74 Å². The van der Waals surface area contributed by atoms with Crippen LogP contribution in [0.25, 0.3) is 0 Å². The molecule has 0 bridgehead atoms. The topological polar surface area (TPSA) is 21.3 Å². The van der Waals surface area contributed by atoms with Gasteiger partial charge in [0.05, 0.1) is 6.61 Å². The van der Waals surface area contributed by atoms with Crippen molar-refractivity contribution in [3.8, 4) is 0 Å². The zero-order valence-electron chi connectivity index (χ0n) is 11.6. The van der Waals surface area contributed by atoms with E-state index in [1.165, 1.54) is 17.9 Å². The number of hydrogen-bond donors (Lipinski definition) is 1. The number of hydrogen-bond acceptors (Lipinski definition) is 3. The maximum absolute atomic E-state index is 5.21. The second kappa shape index (κ2) is 10.4. The van der Waals surface area contributed by atoms with Gasteiger partial charge in [0.15, 0.2) is 0 Å². The van der Waals surface area contributed by atoms with Crippen LogP contribution in [-0.2, 0) is 4.74 Å². The molecule has 0 saturated carbocycles. The third kappa shape index (κ3) is 9.49. The Balaban J connectivity index is 3.40. The summed E-state index contributed by atoms with van der Waals surface area (Å²) in [7, 11) is 1.77. The van der Waals surface area contributed by atoms with Crippen molar-refractivity contribution in [1.29, 1.82) is 0 Å². The maximum Gasteiger partial charge on any atom is 0.0618 e. The molecule has 3 heteroatoms. The molecule has 0 radical (unpaired) electrons. The fourth-order valence-electron chi connectivity index (χ4n) is 1.45. The van der Waals surface area contributed by atoms with Gasteiger partial charge in [0.25, 0.3) is 0 Å². The summed E-state index contributed by atoms with van der Waals surface area (Å²) in [6.45, 7) is 11.0. The summed E-state index contributed by atoms with van der Waals surface area (Å²) in [5.74, 6) is 4.01. The highest BCUT2D eigenvalue weighted by Gasteiger charge is 2.11. The minimum absolute atomic E-state index is 0.500. The molecule has 98 valence electrons. The van der Waals surface area contributed by atoms with Gasteiger partial charge in [0, 0.05) is 13.2 Å². The molecule has 2 nitrogen and oxygen atoms in total. The Hall–Kier alpha value is 0.270. The zero-order valence-corrected chi connectivity index (χ0v) is 12.4. The minimum Gasteiger partial charge on any atom is -0.383 e. The van der Waals surface area contributed by atoms with Crippen LogP contribution in [0.5, 0.6) is 0 Å². The number of nitrogens with one attached hydrogen (secondary N) is 1. The van der Waals surface area contributed by atoms with Crippen LogP contribution in [0.1, 0.15) is 34.1 Å². The molecule has 1 atom stereocenters. The molecule has 0 aromatic carbocycles. The van der Waals surface area contributed by atoms with Gasteiger partial charge < -0.3 is 10.1 Å². The predicted octanol–water partition coefficient (Wildman–Crippen LogP) is 3.03. The Kier molecular flexibility index (Phi) is 10.6. The predicted molar refractivity (Wildman–Crippen MR) is 75.3 cm³/mol. The Labute approximate surface area is 106 Å². The molecule has 1 N–H and O–H groups in total. The minimum atomic E-state index is 0.500. The molecular weight excluding hydrogens is 218 g/mol. The highest BCUT2D eigenvalue weighted by atomic mass is 32.2. The number of thioether (sulfide) groups is 1. The van der Waals surface area contributed by atoms with Crippen LogP contribution in [0, 0.1) is 11.8 Å². The quantitative estimate of drug-likeness (QED) is 0.600. The van der Waals surface area contributed by atoms with E-state index in [2.05, 4.69) is 44.8 Å². The molecule has 0 fully saturated rings. The molecule has 0 amide bonds. The largest absolute Gasteiger partial charge is 0.383 e. The van der Waals surface area contributed by atoms with Crippen LogP contribution in [0.15, 0.2) is 0 Å². The summed E-state index contributed by atoms with van der Waals surface area (Å²) >= 11 is 2.06. The molecule has 0 aliphatic heterocycles. The number of methoxy groups -OCH3 is 1. The fraction of sp³-hybridized carbons (Fsp3) is 1.00. The lowest BCUT2D eigenvalue weighted by molar-refractivity contribution is 0.147. The lowest BCUT2D eigenvalue weighted by Crippen LogP contribution is -2.38. The zero-order chi connectivity index (χ0) is 12.4. The van der Waals surface area contributed by atoms with Gasteiger partial charge >= 0.3 is 0 Å². The van der Waals surface area contributed by atoms with Crippen molar-refractivity contribution in [2.45, 2.75) is 40.2 Å². The summed E-state index contributed by atoms with van der Waals surface area (Å²) in [4.78, 5) is 0. The van der Waals surface area contributed by atoms with Gasteiger partial charge in [-0.25, -0.2) is 0 Å². The molecule has 0 aliphatic carbocycles. The first kappa shape index (κ1) is 16.3. The van der Waals surface area contributed by atoms with E-state index in [9.17, 15) is 0 Å². The van der Waals surface area contributed by atoms with E-state index in [0.29, 0.717) is 12.0 Å². The average Bonchev–Trinajstić information content (AvgIpc) is 2.20. The molecule has 0 heterocycles. The monoisotopic (exact) mass is 247 g/mol. The Bertz CT molecular complexity index is 151. The van der Waals surface area contributed by atoms with Crippen LogP contribution in [0.4, 0.5) is 0 Å². The SMILES string of the molecule is COCC(NCCCSCC(C)C)C(C)C. The third-order valence-corrected chi connectivity index (χ3v) is 3.95. The highest BCUT2D eigenvalue weighted by molar-refractivity contribution is 7.99. The van der Waals surface area contributed by atoms with Gasteiger partial charge in [0.2, 0.25) is 0 Å². The van der Waals surface area contributed by atoms with Crippen molar-refractivity contribution < 1.29 is 4.74 Å². The summed E-state index contributed by atoms with van der Waals surface area (Å²) in [6, 6.07) is 0.500. The van der Waals surface area contributed by atoms with Crippen LogP contribution >= 0.6 is 11.8 Å². The van der Waals surface area contributed by atoms with Gasteiger partial charge in [-0.1, -0.05) is 27.7 Å². The van der Waals surface area contributed by atoms with Crippen molar-refractivity contribution in [2.75, 3.05) is 31.8 Å². The smallest absolute Gasteiger partial charge is 0.0618 e. The van der Waals surface area contributed by atoms with Crippen molar-refractivity contribution in [3.63, 3.8) is 0 Å². The first-order valence-corrected chi connectivity index (χ1v) is 7.53. The van der Waals surface area contributed by atoms with Gasteiger partial charge in [-0.15, -0.1) is 0 Å². The summed E-state index contributed by atoms with van der Waals surface area (Å²) < 4.78 is 5.21. The van der Waals surface area contributed by atoms with Crippen molar-refractivity contribution in [2.24, 2.45) is 11.8 Å². The molecule has 16 heavy (non-hydrogen) atoms. The van der Waals surface area contributed by atoms with Crippen molar-refractivity contribution >= 4 is 11.8 Å². The molecule has 0 aromatic rings. The summed E-state index contributed by atoms with van der Waals surface area (Å²) in [6.07, 6.45) is 1.25. The summed E-state index contributed by atoms with van der Waals surface area (Å²) in [5.41, 5.74) is 0. The van der Waals surface area contributed by atoms with E-state index in [-0.39, 0.29) is 0 Å². The van der Waals surface area contributed by atoms with E-state index < -0.39 is 0 Å². The highest BCUT2D eigenvalue weighted by Crippen LogP contribution is 2.08. The van der Waals surface area contributed by atoms with Crippen LogP contribution in [0.2, 0.25) is 0 Å². The van der Waals surface area contributed by atoms with Gasteiger partial charge in [0.1, 0.15) is 0 Å². The summed E-state index contributed by atoms with van der Waals surface area (Å²) in [5, 5.41) is 3.57. The molecule has 0 saturated heterocycles. The van der Waals surface area contributed by atoms with E-state index in [1.807, 2.05) is 0 Å². The molecule has 0 spiro atoms. The third-order valence-electron chi connectivity index (χ3n) is 2.47. The van der Waals surface area contributed by atoms with Crippen molar-refractivity contribution in [1.82, 2.24) is 5.32 Å². The Morgan fingerprint density at radius 2 is 1.88 bits per heavy atom. The number of rotatable bonds is 10. The Morgan fingerprint density at radius 1 is 1.19 bits per heavy atom. The van der Waals surface area contributed by atoms with Gasteiger partial charge in [-0.05, 0) is 36.3 Å². The van der Waals surface area contributed by atoms with Crippen LogP contribution in [-0.4, -0.2) is 37.8 Å². The van der Waals surface area contributed by atoms with Crippen LogP contribution in [0.3, 0.4) is 0 Å². The standard InChI is InChI=1S/C13H29NOS/c1-11(2)10-16-8-6-7-14-13(9-15-5)12(3)4/h11-14H,6-10H2,1-5H3. The number of ether oxygens (including phenoxy) is 1. The lowest BCUT2D eigenvalue weighted by Gasteiger charge is -2.21. The molecular formula is C13H29NOS.